The number of carbonyl (C=O) groups excluding carboxylic acids is 1. The lowest BCUT2D eigenvalue weighted by Gasteiger charge is -2.08. The normalized spacial score (nSPS) is 10.8. The van der Waals surface area contributed by atoms with Gasteiger partial charge in [-0.15, -0.1) is 0 Å². The third-order valence-electron chi connectivity index (χ3n) is 3.15. The van der Waals surface area contributed by atoms with Crippen LogP contribution in [0.3, 0.4) is 0 Å². The molecule has 0 unspecified atom stereocenters. The fourth-order valence-electron chi connectivity index (χ4n) is 1.86. The summed E-state index contributed by atoms with van der Waals surface area (Å²) in [5.41, 5.74) is 4.09. The maximum atomic E-state index is 11.8. The minimum absolute atomic E-state index is 0.155. The van der Waals surface area contributed by atoms with Gasteiger partial charge >= 0.3 is 0 Å². The minimum Gasteiger partial charge on any atom is -0.483 e. The van der Waals surface area contributed by atoms with E-state index in [0.29, 0.717) is 21.4 Å². The van der Waals surface area contributed by atoms with Crippen LogP contribution in [0.2, 0.25) is 10.0 Å². The summed E-state index contributed by atoms with van der Waals surface area (Å²) < 4.78 is 6.27. The molecule has 4 nitrogen and oxygen atoms in total. The van der Waals surface area contributed by atoms with Crippen molar-refractivity contribution in [2.75, 3.05) is 6.61 Å². The van der Waals surface area contributed by atoms with Gasteiger partial charge in [0.05, 0.1) is 20.7 Å². The first-order chi connectivity index (χ1) is 11.5. The maximum absolute atomic E-state index is 11.8. The molecule has 126 valence electrons. The molecule has 24 heavy (non-hydrogen) atoms. The molecular weight excluding hydrogens is 415 g/mol. The molecule has 0 aromatic heterocycles. The van der Waals surface area contributed by atoms with E-state index in [1.165, 1.54) is 11.8 Å². The predicted molar refractivity (Wildman–Crippen MR) is 101 cm³/mol. The van der Waals surface area contributed by atoms with Crippen molar-refractivity contribution in [2.45, 2.75) is 13.3 Å². The van der Waals surface area contributed by atoms with Crippen LogP contribution in [0.4, 0.5) is 0 Å². The number of nitrogens with zero attached hydrogens (tertiary/aromatic N) is 1. The lowest BCUT2D eigenvalue weighted by Crippen LogP contribution is -2.24. The highest BCUT2D eigenvalue weighted by molar-refractivity contribution is 9.10. The summed E-state index contributed by atoms with van der Waals surface area (Å²) in [6.07, 6.45) is 2.33. The summed E-state index contributed by atoms with van der Waals surface area (Å²) in [6, 6.07) is 10.9. The van der Waals surface area contributed by atoms with Crippen LogP contribution in [0.15, 0.2) is 46.0 Å². The van der Waals surface area contributed by atoms with Crippen LogP contribution in [-0.4, -0.2) is 18.7 Å². The van der Waals surface area contributed by atoms with Crippen LogP contribution in [0.5, 0.6) is 5.75 Å². The third kappa shape index (κ3) is 5.23. The summed E-state index contributed by atoms with van der Waals surface area (Å²) in [5.74, 6) is 0.210. The van der Waals surface area contributed by atoms with Gasteiger partial charge in [0, 0.05) is 5.56 Å². The molecule has 0 heterocycles. The Morgan fingerprint density at radius 1 is 1.29 bits per heavy atom. The molecule has 2 aromatic rings. The van der Waals surface area contributed by atoms with E-state index in [0.717, 1.165) is 10.9 Å². The summed E-state index contributed by atoms with van der Waals surface area (Å²) in [7, 11) is 0. The molecule has 1 amide bonds. The number of halogens is 3. The molecule has 0 fully saturated rings. The summed E-state index contributed by atoms with van der Waals surface area (Å²) in [5, 5.41) is 4.75. The second kappa shape index (κ2) is 9.06. The summed E-state index contributed by atoms with van der Waals surface area (Å²) in [6.45, 7) is 1.91. The second-order valence-corrected chi connectivity index (χ2v) is 6.50. The molecular formula is C17H15BrCl2N2O2. The van der Waals surface area contributed by atoms with E-state index in [1.807, 2.05) is 18.2 Å². The molecule has 2 aromatic carbocycles. The number of rotatable bonds is 6. The van der Waals surface area contributed by atoms with Crippen molar-refractivity contribution < 1.29 is 9.53 Å². The Kier molecular flexibility index (Phi) is 7.09. The Labute approximate surface area is 158 Å². The first kappa shape index (κ1) is 18.8. The molecule has 0 spiro atoms. The zero-order chi connectivity index (χ0) is 17.5. The first-order valence-electron chi connectivity index (χ1n) is 7.18. The number of carbonyl (C=O) groups is 1. The monoisotopic (exact) mass is 428 g/mol. The van der Waals surface area contributed by atoms with Crippen LogP contribution in [0, 0.1) is 0 Å². The van der Waals surface area contributed by atoms with Crippen LogP contribution >= 0.6 is 39.1 Å². The van der Waals surface area contributed by atoms with Gasteiger partial charge in [0.15, 0.2) is 6.61 Å². The number of benzene rings is 2. The molecule has 0 bridgehead atoms. The molecule has 0 aliphatic carbocycles. The van der Waals surface area contributed by atoms with Gasteiger partial charge in [-0.1, -0.05) is 42.3 Å². The highest BCUT2D eigenvalue weighted by Crippen LogP contribution is 2.26. The molecule has 0 saturated carbocycles. The van der Waals surface area contributed by atoms with Gasteiger partial charge in [-0.3, -0.25) is 4.79 Å². The molecule has 0 saturated heterocycles. The highest BCUT2D eigenvalue weighted by Gasteiger charge is 2.06. The van der Waals surface area contributed by atoms with E-state index in [4.69, 9.17) is 27.9 Å². The number of hydrazone groups is 1. The molecule has 0 aliphatic rings. The Bertz CT molecular complexity index is 746. The van der Waals surface area contributed by atoms with Gasteiger partial charge in [0.25, 0.3) is 5.91 Å². The first-order valence-corrected chi connectivity index (χ1v) is 8.73. The Morgan fingerprint density at radius 2 is 2.00 bits per heavy atom. The fourth-order valence-corrected chi connectivity index (χ4v) is 2.90. The average Bonchev–Trinajstić information content (AvgIpc) is 2.56. The van der Waals surface area contributed by atoms with Crippen molar-refractivity contribution in [1.29, 1.82) is 0 Å². The number of hydrogen-bond donors (Lipinski definition) is 1. The maximum Gasteiger partial charge on any atom is 0.277 e. The molecule has 0 aliphatic heterocycles. The Hall–Kier alpha value is -1.56. The number of nitrogens with one attached hydrogen (secondary N) is 1. The molecule has 7 heteroatoms. The van der Waals surface area contributed by atoms with Gasteiger partial charge in [-0.05, 0) is 52.2 Å². The van der Waals surface area contributed by atoms with Crippen molar-refractivity contribution in [2.24, 2.45) is 5.10 Å². The zero-order valence-corrected chi connectivity index (χ0v) is 16.0. The number of hydrogen-bond acceptors (Lipinski definition) is 3. The number of ether oxygens (including phenoxy) is 1. The lowest BCUT2D eigenvalue weighted by molar-refractivity contribution is -0.123. The molecule has 1 N–H and O–H groups in total. The van der Waals surface area contributed by atoms with Crippen LogP contribution in [0.25, 0.3) is 0 Å². The van der Waals surface area contributed by atoms with Crippen molar-refractivity contribution in [3.8, 4) is 5.75 Å². The van der Waals surface area contributed by atoms with Crippen LogP contribution in [-0.2, 0) is 11.2 Å². The Balaban J connectivity index is 1.89. The topological polar surface area (TPSA) is 50.7 Å². The van der Waals surface area contributed by atoms with Crippen molar-refractivity contribution >= 4 is 51.3 Å². The van der Waals surface area contributed by atoms with E-state index in [2.05, 4.69) is 33.4 Å². The standard InChI is InChI=1S/C17H15BrCl2N2O2/c1-2-11-6-7-16(13(18)8-11)24-10-17(23)22-21-9-12-14(19)4-3-5-15(12)20/h3-9H,2,10H2,1H3,(H,22,23)/b21-9+. The second-order valence-electron chi connectivity index (χ2n) is 4.84. The van der Waals surface area contributed by atoms with Crippen LogP contribution < -0.4 is 10.2 Å². The third-order valence-corrected chi connectivity index (χ3v) is 4.42. The van der Waals surface area contributed by atoms with Gasteiger partial charge < -0.3 is 4.74 Å². The molecule has 0 atom stereocenters. The van der Waals surface area contributed by atoms with E-state index in [9.17, 15) is 4.79 Å². The van der Waals surface area contributed by atoms with Gasteiger partial charge in [0.2, 0.25) is 0 Å². The molecule has 2 rings (SSSR count). The van der Waals surface area contributed by atoms with E-state index in [1.54, 1.807) is 18.2 Å². The minimum atomic E-state index is -0.388. The van der Waals surface area contributed by atoms with E-state index < -0.39 is 0 Å². The quantitative estimate of drug-likeness (QED) is 0.527. The number of amides is 1. The van der Waals surface area contributed by atoms with Gasteiger partial charge in [0.1, 0.15) is 5.75 Å². The van der Waals surface area contributed by atoms with Crippen molar-refractivity contribution in [3.63, 3.8) is 0 Å². The van der Waals surface area contributed by atoms with Crippen molar-refractivity contribution in [3.05, 3.63) is 62.0 Å². The van der Waals surface area contributed by atoms with E-state index in [-0.39, 0.29) is 12.5 Å². The Morgan fingerprint density at radius 3 is 2.62 bits per heavy atom. The van der Waals surface area contributed by atoms with Gasteiger partial charge in [-0.2, -0.15) is 5.10 Å². The molecule has 0 radical (unpaired) electrons. The van der Waals surface area contributed by atoms with E-state index >= 15 is 0 Å². The summed E-state index contributed by atoms with van der Waals surface area (Å²) >= 11 is 15.4. The van der Waals surface area contributed by atoms with Crippen molar-refractivity contribution in [1.82, 2.24) is 5.43 Å². The smallest absolute Gasteiger partial charge is 0.277 e. The average molecular weight is 430 g/mol. The van der Waals surface area contributed by atoms with Crippen LogP contribution in [0.1, 0.15) is 18.1 Å². The predicted octanol–water partition coefficient (Wildman–Crippen LogP) is 4.85. The van der Waals surface area contributed by atoms with Gasteiger partial charge in [-0.25, -0.2) is 5.43 Å². The lowest BCUT2D eigenvalue weighted by atomic mass is 10.2. The highest BCUT2D eigenvalue weighted by atomic mass is 79.9. The largest absolute Gasteiger partial charge is 0.483 e. The fraction of sp³-hybridized carbons (Fsp3) is 0.176. The zero-order valence-electron chi connectivity index (χ0n) is 12.9. The summed E-state index contributed by atoms with van der Waals surface area (Å²) in [4.78, 5) is 11.8. The SMILES string of the molecule is CCc1ccc(OCC(=O)N/N=C/c2c(Cl)cccc2Cl)c(Br)c1. The number of aryl methyl sites for hydroxylation is 1.